The summed E-state index contributed by atoms with van der Waals surface area (Å²) in [5, 5.41) is 8.74. The van der Waals surface area contributed by atoms with Gasteiger partial charge in [0, 0.05) is 0 Å². The Morgan fingerprint density at radius 2 is 2.21 bits per heavy atom. The molecule has 0 bridgehead atoms. The number of aryl methyl sites for hydroxylation is 1. The minimum Gasteiger partial charge on any atom is -0.492 e. The van der Waals surface area contributed by atoms with Crippen molar-refractivity contribution in [1.29, 1.82) is 5.26 Å². The average molecular weight is 193 g/mol. The summed E-state index contributed by atoms with van der Waals surface area (Å²) in [6, 6.07) is 4.68. The standard InChI is InChI=1S/C11H12FNO/c1-3-4-14-11-5-8(2)10(12)6-9(11)7-13/h5-6H,3-4H2,1-2H3. The van der Waals surface area contributed by atoms with Crippen LogP contribution in [0.4, 0.5) is 4.39 Å². The Bertz CT molecular complexity index is 368. The van der Waals surface area contributed by atoms with Crippen molar-refractivity contribution in [3.8, 4) is 11.8 Å². The fourth-order valence-corrected chi connectivity index (χ4v) is 1.07. The molecule has 0 saturated carbocycles. The summed E-state index contributed by atoms with van der Waals surface area (Å²) in [6.45, 7) is 4.16. The molecule has 0 aromatic heterocycles. The van der Waals surface area contributed by atoms with E-state index in [0.29, 0.717) is 17.9 Å². The highest BCUT2D eigenvalue weighted by molar-refractivity contribution is 5.45. The molecule has 0 amide bonds. The van der Waals surface area contributed by atoms with E-state index in [1.807, 2.05) is 13.0 Å². The van der Waals surface area contributed by atoms with Crippen molar-refractivity contribution in [3.05, 3.63) is 29.1 Å². The van der Waals surface area contributed by atoms with Gasteiger partial charge in [-0.2, -0.15) is 5.26 Å². The number of hydrogen-bond donors (Lipinski definition) is 0. The number of halogens is 1. The molecule has 0 saturated heterocycles. The van der Waals surface area contributed by atoms with E-state index in [1.54, 1.807) is 13.0 Å². The molecule has 1 aromatic rings. The Labute approximate surface area is 82.9 Å². The maximum Gasteiger partial charge on any atom is 0.137 e. The number of rotatable bonds is 3. The van der Waals surface area contributed by atoms with Crippen LogP contribution < -0.4 is 4.74 Å². The molecule has 14 heavy (non-hydrogen) atoms. The van der Waals surface area contributed by atoms with Crippen molar-refractivity contribution in [2.24, 2.45) is 0 Å². The molecule has 74 valence electrons. The Kier molecular flexibility index (Phi) is 3.47. The average Bonchev–Trinajstić information content (AvgIpc) is 2.19. The summed E-state index contributed by atoms with van der Waals surface area (Å²) < 4.78 is 18.4. The van der Waals surface area contributed by atoms with Crippen LogP contribution in [0.2, 0.25) is 0 Å². The molecule has 1 aromatic carbocycles. The number of nitrogens with zero attached hydrogens (tertiary/aromatic N) is 1. The molecule has 0 fully saturated rings. The van der Waals surface area contributed by atoms with Crippen LogP contribution in [0.3, 0.4) is 0 Å². The summed E-state index contributed by atoms with van der Waals surface area (Å²) in [5.41, 5.74) is 0.747. The van der Waals surface area contributed by atoms with Crippen LogP contribution in [0.1, 0.15) is 24.5 Å². The number of hydrogen-bond acceptors (Lipinski definition) is 2. The molecule has 0 radical (unpaired) electrons. The van der Waals surface area contributed by atoms with Crippen LogP contribution in [-0.2, 0) is 0 Å². The monoisotopic (exact) mass is 193 g/mol. The van der Waals surface area contributed by atoms with E-state index in [9.17, 15) is 4.39 Å². The topological polar surface area (TPSA) is 33.0 Å². The number of ether oxygens (including phenoxy) is 1. The van der Waals surface area contributed by atoms with Gasteiger partial charge in [0.15, 0.2) is 0 Å². The van der Waals surface area contributed by atoms with Crippen molar-refractivity contribution >= 4 is 0 Å². The first-order valence-electron chi connectivity index (χ1n) is 4.52. The zero-order chi connectivity index (χ0) is 10.6. The third-order valence-electron chi connectivity index (χ3n) is 1.84. The van der Waals surface area contributed by atoms with Crippen LogP contribution in [0.15, 0.2) is 12.1 Å². The van der Waals surface area contributed by atoms with E-state index in [0.717, 1.165) is 6.42 Å². The first-order chi connectivity index (χ1) is 6.69. The molecule has 1 rings (SSSR count). The Morgan fingerprint density at radius 3 is 2.79 bits per heavy atom. The van der Waals surface area contributed by atoms with Gasteiger partial charge in [-0.15, -0.1) is 0 Å². The van der Waals surface area contributed by atoms with Crippen molar-refractivity contribution in [3.63, 3.8) is 0 Å². The van der Waals surface area contributed by atoms with Crippen LogP contribution in [-0.4, -0.2) is 6.61 Å². The number of nitriles is 1. The lowest BCUT2D eigenvalue weighted by Crippen LogP contribution is -1.98. The first kappa shape index (κ1) is 10.5. The quantitative estimate of drug-likeness (QED) is 0.739. The maximum atomic E-state index is 13.1. The van der Waals surface area contributed by atoms with Crippen molar-refractivity contribution < 1.29 is 9.13 Å². The molecule has 0 atom stereocenters. The summed E-state index contributed by atoms with van der Waals surface area (Å²) in [7, 11) is 0. The Hall–Kier alpha value is -1.56. The van der Waals surface area contributed by atoms with Gasteiger partial charge >= 0.3 is 0 Å². The highest BCUT2D eigenvalue weighted by atomic mass is 19.1. The second kappa shape index (κ2) is 4.61. The fourth-order valence-electron chi connectivity index (χ4n) is 1.07. The van der Waals surface area contributed by atoms with Gasteiger partial charge in [0.05, 0.1) is 12.2 Å². The molecule has 0 aliphatic heterocycles. The maximum absolute atomic E-state index is 13.1. The van der Waals surface area contributed by atoms with Crippen LogP contribution >= 0.6 is 0 Å². The van der Waals surface area contributed by atoms with E-state index in [1.165, 1.54) is 6.07 Å². The van der Waals surface area contributed by atoms with Gasteiger partial charge in [0.1, 0.15) is 17.6 Å². The minimum atomic E-state index is -0.370. The Balaban J connectivity index is 3.02. The largest absolute Gasteiger partial charge is 0.492 e. The van der Waals surface area contributed by atoms with Gasteiger partial charge in [-0.3, -0.25) is 0 Å². The highest BCUT2D eigenvalue weighted by Gasteiger charge is 2.07. The van der Waals surface area contributed by atoms with Crippen LogP contribution in [0.5, 0.6) is 5.75 Å². The van der Waals surface area contributed by atoms with Crippen LogP contribution in [0, 0.1) is 24.1 Å². The van der Waals surface area contributed by atoms with Gasteiger partial charge in [-0.25, -0.2) is 4.39 Å². The van der Waals surface area contributed by atoms with E-state index >= 15 is 0 Å². The second-order valence-corrected chi connectivity index (χ2v) is 3.06. The fraction of sp³-hybridized carbons (Fsp3) is 0.364. The molecular weight excluding hydrogens is 181 g/mol. The predicted molar refractivity (Wildman–Crippen MR) is 51.6 cm³/mol. The van der Waals surface area contributed by atoms with Crippen molar-refractivity contribution in [2.75, 3.05) is 6.61 Å². The molecule has 3 heteroatoms. The minimum absolute atomic E-state index is 0.251. The molecular formula is C11H12FNO. The molecule has 0 aliphatic carbocycles. The molecule has 0 aliphatic rings. The van der Waals surface area contributed by atoms with Gasteiger partial charge < -0.3 is 4.74 Å². The predicted octanol–water partition coefficient (Wildman–Crippen LogP) is 2.79. The van der Waals surface area contributed by atoms with Crippen LogP contribution in [0.25, 0.3) is 0 Å². The van der Waals surface area contributed by atoms with Gasteiger partial charge in [-0.05, 0) is 31.0 Å². The summed E-state index contributed by atoms with van der Waals surface area (Å²) >= 11 is 0. The summed E-state index contributed by atoms with van der Waals surface area (Å²) in [4.78, 5) is 0. The normalized spacial score (nSPS) is 9.57. The summed E-state index contributed by atoms with van der Waals surface area (Å²) in [6.07, 6.45) is 0.862. The lowest BCUT2D eigenvalue weighted by atomic mass is 10.1. The van der Waals surface area contributed by atoms with Gasteiger partial charge in [0.25, 0.3) is 0 Å². The lowest BCUT2D eigenvalue weighted by Gasteiger charge is -2.07. The van der Waals surface area contributed by atoms with E-state index < -0.39 is 0 Å². The number of benzene rings is 1. The smallest absolute Gasteiger partial charge is 0.137 e. The molecule has 0 unspecified atom stereocenters. The van der Waals surface area contributed by atoms with E-state index in [2.05, 4.69) is 0 Å². The second-order valence-electron chi connectivity index (χ2n) is 3.06. The first-order valence-corrected chi connectivity index (χ1v) is 4.52. The lowest BCUT2D eigenvalue weighted by molar-refractivity contribution is 0.315. The molecule has 0 N–H and O–H groups in total. The van der Waals surface area contributed by atoms with Crippen molar-refractivity contribution in [1.82, 2.24) is 0 Å². The third kappa shape index (κ3) is 2.23. The SMILES string of the molecule is CCCOc1cc(C)c(F)cc1C#N. The third-order valence-corrected chi connectivity index (χ3v) is 1.84. The highest BCUT2D eigenvalue weighted by Crippen LogP contribution is 2.22. The van der Waals surface area contributed by atoms with E-state index in [4.69, 9.17) is 10.00 Å². The Morgan fingerprint density at radius 1 is 1.50 bits per heavy atom. The van der Waals surface area contributed by atoms with Crippen molar-refractivity contribution in [2.45, 2.75) is 20.3 Å². The van der Waals surface area contributed by atoms with Gasteiger partial charge in [0.2, 0.25) is 0 Å². The van der Waals surface area contributed by atoms with Gasteiger partial charge in [-0.1, -0.05) is 6.92 Å². The molecule has 0 spiro atoms. The zero-order valence-corrected chi connectivity index (χ0v) is 8.30. The van der Waals surface area contributed by atoms with E-state index in [-0.39, 0.29) is 11.4 Å². The zero-order valence-electron chi connectivity index (χ0n) is 8.30. The molecule has 0 heterocycles. The summed E-state index contributed by atoms with van der Waals surface area (Å²) in [5.74, 6) is 0.0960. The molecule has 2 nitrogen and oxygen atoms in total.